The molecule has 0 fully saturated rings. The minimum atomic E-state index is 1.00. The van der Waals surface area contributed by atoms with Crippen molar-refractivity contribution in [2.24, 2.45) is 0 Å². The highest BCUT2D eigenvalue weighted by molar-refractivity contribution is 7.10. The molecule has 2 aromatic heterocycles. The van der Waals surface area contributed by atoms with Crippen LogP contribution in [0, 0.1) is 25.7 Å². The van der Waals surface area contributed by atoms with Gasteiger partial charge in [-0.3, -0.25) is 4.98 Å². The van der Waals surface area contributed by atoms with E-state index in [1.165, 1.54) is 5.56 Å². The predicted molar refractivity (Wildman–Crippen MR) is 64.0 cm³/mol. The van der Waals surface area contributed by atoms with Crippen LogP contribution in [0.25, 0.3) is 0 Å². The van der Waals surface area contributed by atoms with Crippen molar-refractivity contribution >= 4 is 11.3 Å². The van der Waals surface area contributed by atoms with E-state index in [1.54, 1.807) is 17.5 Å². The van der Waals surface area contributed by atoms with E-state index >= 15 is 0 Å². The van der Waals surface area contributed by atoms with Crippen LogP contribution >= 0.6 is 11.3 Å². The van der Waals surface area contributed by atoms with Gasteiger partial charge in [0.1, 0.15) is 0 Å². The standard InChI is InChI=1S/C13H11NS/c1-10-6-8-15-13(10)4-3-12-5-7-14-11(2)9-12/h5-9H,1-2H3. The third-order valence-electron chi connectivity index (χ3n) is 2.08. The molecule has 0 saturated carbocycles. The van der Waals surface area contributed by atoms with Gasteiger partial charge in [-0.1, -0.05) is 11.8 Å². The SMILES string of the molecule is Cc1cc(C#Cc2sccc2C)ccn1. The van der Waals surface area contributed by atoms with Crippen LogP contribution in [-0.4, -0.2) is 4.98 Å². The average Bonchev–Trinajstić information content (AvgIpc) is 2.61. The Bertz CT molecular complexity index is 529. The molecule has 0 amide bonds. The van der Waals surface area contributed by atoms with Gasteiger partial charge in [-0.2, -0.15) is 0 Å². The Labute approximate surface area is 93.8 Å². The molecule has 2 heterocycles. The highest BCUT2D eigenvalue weighted by Crippen LogP contribution is 2.13. The van der Waals surface area contributed by atoms with Crippen LogP contribution in [0.3, 0.4) is 0 Å². The van der Waals surface area contributed by atoms with Crippen LogP contribution in [0.15, 0.2) is 29.8 Å². The van der Waals surface area contributed by atoms with Crippen molar-refractivity contribution in [1.82, 2.24) is 4.98 Å². The minimum Gasteiger partial charge on any atom is -0.262 e. The zero-order valence-corrected chi connectivity index (χ0v) is 9.56. The van der Waals surface area contributed by atoms with E-state index in [9.17, 15) is 0 Å². The van der Waals surface area contributed by atoms with Crippen molar-refractivity contribution in [2.75, 3.05) is 0 Å². The Morgan fingerprint density at radius 2 is 2.07 bits per heavy atom. The fourth-order valence-corrected chi connectivity index (χ4v) is 2.03. The van der Waals surface area contributed by atoms with Gasteiger partial charge in [0.25, 0.3) is 0 Å². The smallest absolute Gasteiger partial charge is 0.0801 e. The minimum absolute atomic E-state index is 1.00. The summed E-state index contributed by atoms with van der Waals surface area (Å²) in [7, 11) is 0. The van der Waals surface area contributed by atoms with Crippen molar-refractivity contribution < 1.29 is 0 Å². The van der Waals surface area contributed by atoms with Gasteiger partial charge in [0.05, 0.1) is 4.88 Å². The van der Waals surface area contributed by atoms with Crippen molar-refractivity contribution in [1.29, 1.82) is 0 Å². The molecule has 0 radical (unpaired) electrons. The fraction of sp³-hybridized carbons (Fsp3) is 0.154. The maximum Gasteiger partial charge on any atom is 0.0801 e. The second-order valence-electron chi connectivity index (χ2n) is 3.37. The summed E-state index contributed by atoms with van der Waals surface area (Å²) in [6.45, 7) is 4.06. The van der Waals surface area contributed by atoms with Crippen LogP contribution < -0.4 is 0 Å². The Morgan fingerprint density at radius 1 is 1.20 bits per heavy atom. The zero-order valence-electron chi connectivity index (χ0n) is 8.74. The van der Waals surface area contributed by atoms with Crippen molar-refractivity contribution in [2.45, 2.75) is 13.8 Å². The topological polar surface area (TPSA) is 12.9 Å². The number of aryl methyl sites for hydroxylation is 2. The van der Waals surface area contributed by atoms with Gasteiger partial charge < -0.3 is 0 Å². The molecule has 0 atom stereocenters. The summed E-state index contributed by atoms with van der Waals surface area (Å²) in [6, 6.07) is 6.02. The first-order chi connectivity index (χ1) is 7.25. The normalized spacial score (nSPS) is 9.47. The van der Waals surface area contributed by atoms with E-state index in [2.05, 4.69) is 35.2 Å². The highest BCUT2D eigenvalue weighted by Gasteiger charge is 1.94. The first kappa shape index (κ1) is 9.95. The molecule has 0 aliphatic heterocycles. The van der Waals surface area contributed by atoms with E-state index in [0.29, 0.717) is 0 Å². The first-order valence-electron chi connectivity index (χ1n) is 4.74. The molecule has 0 aliphatic carbocycles. The van der Waals surface area contributed by atoms with E-state index in [0.717, 1.165) is 16.1 Å². The lowest BCUT2D eigenvalue weighted by atomic mass is 10.2. The zero-order chi connectivity index (χ0) is 10.7. The first-order valence-corrected chi connectivity index (χ1v) is 5.62. The average molecular weight is 213 g/mol. The van der Waals surface area contributed by atoms with Crippen LogP contribution in [0.4, 0.5) is 0 Å². The molecule has 0 aromatic carbocycles. The van der Waals surface area contributed by atoms with Crippen molar-refractivity contribution in [3.05, 3.63) is 51.5 Å². The number of thiophene rings is 1. The molecule has 0 unspecified atom stereocenters. The molecule has 0 saturated heterocycles. The molecule has 1 nitrogen and oxygen atoms in total. The molecule has 0 spiro atoms. The summed E-state index contributed by atoms with van der Waals surface area (Å²) < 4.78 is 0. The van der Waals surface area contributed by atoms with Crippen molar-refractivity contribution in [3.63, 3.8) is 0 Å². The number of nitrogens with zero attached hydrogens (tertiary/aromatic N) is 1. The Balaban J connectivity index is 2.30. The Morgan fingerprint density at radius 3 is 2.73 bits per heavy atom. The lowest BCUT2D eigenvalue weighted by molar-refractivity contribution is 1.19. The summed E-state index contributed by atoms with van der Waals surface area (Å²) >= 11 is 1.68. The van der Waals surface area contributed by atoms with E-state index in [1.807, 2.05) is 19.1 Å². The summed E-state index contributed by atoms with van der Waals surface area (Å²) in [5.41, 5.74) is 3.28. The maximum absolute atomic E-state index is 4.14. The molecule has 0 bridgehead atoms. The lowest BCUT2D eigenvalue weighted by Crippen LogP contribution is -1.81. The quantitative estimate of drug-likeness (QED) is 0.613. The van der Waals surface area contributed by atoms with E-state index in [-0.39, 0.29) is 0 Å². The molecule has 0 N–H and O–H groups in total. The molecule has 2 rings (SSSR count). The van der Waals surface area contributed by atoms with E-state index < -0.39 is 0 Å². The maximum atomic E-state index is 4.14. The molecule has 74 valence electrons. The number of hydrogen-bond acceptors (Lipinski definition) is 2. The summed E-state index contributed by atoms with van der Waals surface area (Å²) in [4.78, 5) is 5.28. The highest BCUT2D eigenvalue weighted by atomic mass is 32.1. The van der Waals surface area contributed by atoms with Crippen LogP contribution in [-0.2, 0) is 0 Å². The lowest BCUT2D eigenvalue weighted by Gasteiger charge is -1.91. The third kappa shape index (κ3) is 2.45. The summed E-state index contributed by atoms with van der Waals surface area (Å²) in [5.74, 6) is 6.33. The van der Waals surface area contributed by atoms with Gasteiger partial charge in [0, 0.05) is 17.5 Å². The van der Waals surface area contributed by atoms with Gasteiger partial charge in [0.15, 0.2) is 0 Å². The monoisotopic (exact) mass is 213 g/mol. The van der Waals surface area contributed by atoms with Gasteiger partial charge in [-0.25, -0.2) is 0 Å². The third-order valence-corrected chi connectivity index (χ3v) is 3.01. The molecular weight excluding hydrogens is 202 g/mol. The second kappa shape index (κ2) is 4.29. The van der Waals surface area contributed by atoms with Crippen LogP contribution in [0.2, 0.25) is 0 Å². The van der Waals surface area contributed by atoms with Gasteiger partial charge in [-0.05, 0) is 43.0 Å². The predicted octanol–water partition coefficient (Wildman–Crippen LogP) is 3.16. The molecular formula is C13H11NS. The molecule has 15 heavy (non-hydrogen) atoms. The van der Waals surface area contributed by atoms with Gasteiger partial charge in [-0.15, -0.1) is 11.3 Å². The number of rotatable bonds is 0. The number of hydrogen-bond donors (Lipinski definition) is 0. The summed E-state index contributed by atoms with van der Waals surface area (Å²) in [6.07, 6.45) is 1.79. The number of pyridine rings is 1. The summed E-state index contributed by atoms with van der Waals surface area (Å²) in [5, 5.41) is 2.07. The molecule has 0 aliphatic rings. The van der Waals surface area contributed by atoms with Gasteiger partial charge in [0.2, 0.25) is 0 Å². The Kier molecular flexibility index (Phi) is 2.84. The molecule has 2 heteroatoms. The second-order valence-corrected chi connectivity index (χ2v) is 4.28. The fourth-order valence-electron chi connectivity index (χ4n) is 1.25. The number of aromatic nitrogens is 1. The van der Waals surface area contributed by atoms with E-state index in [4.69, 9.17) is 0 Å². The van der Waals surface area contributed by atoms with Crippen molar-refractivity contribution in [3.8, 4) is 11.8 Å². The Hall–Kier alpha value is -1.59. The van der Waals surface area contributed by atoms with Gasteiger partial charge >= 0.3 is 0 Å². The molecule has 2 aromatic rings. The van der Waals surface area contributed by atoms with Crippen LogP contribution in [0.5, 0.6) is 0 Å². The van der Waals surface area contributed by atoms with Crippen LogP contribution in [0.1, 0.15) is 21.7 Å². The largest absolute Gasteiger partial charge is 0.262 e.